The van der Waals surface area contributed by atoms with E-state index >= 15 is 0 Å². The Morgan fingerprint density at radius 3 is 2.30 bits per heavy atom. The molecule has 1 saturated heterocycles. The number of aliphatic hydroxyl groups excluding tert-OH is 1. The summed E-state index contributed by atoms with van der Waals surface area (Å²) in [5, 5.41) is 17.8. The van der Waals surface area contributed by atoms with Crippen LogP contribution < -0.4 is 25.6 Å². The van der Waals surface area contributed by atoms with Gasteiger partial charge in [-0.2, -0.15) is 0 Å². The van der Waals surface area contributed by atoms with Gasteiger partial charge in [-0.25, -0.2) is 9.78 Å². The lowest BCUT2D eigenvalue weighted by Gasteiger charge is -2.40. The summed E-state index contributed by atoms with van der Waals surface area (Å²) in [7, 11) is 1.68. The summed E-state index contributed by atoms with van der Waals surface area (Å²) in [5.74, 6) is 0.0700. The number of pyridine rings is 1. The fourth-order valence-corrected chi connectivity index (χ4v) is 4.75. The van der Waals surface area contributed by atoms with Crippen LogP contribution >= 0.6 is 0 Å². The fraction of sp³-hybridized carbons (Fsp3) is 0.733. The Hall–Kier alpha value is -3.16. The fourth-order valence-electron chi connectivity index (χ4n) is 4.75. The highest BCUT2D eigenvalue weighted by Gasteiger charge is 2.39. The molecule has 13 heteroatoms. The standard InChI is InChI=1S/C30H49N5O8/c1-7-30(8-2,27(38)31-11-13-41-14-12-32-28(39)43-29(3,4)5)34-25(37)23-9-10-24(35-16-22(17-35)40-6)26(33-23)42-19-21-15-20(21)18-36/h9-10,20-22,36H,7-8,11-19H2,1-6H3,(H,31,38)(H,32,39)(H,34,37)/t20-,21-/m1/s1. The number of amides is 3. The molecule has 0 unspecified atom stereocenters. The van der Waals surface area contributed by atoms with E-state index in [1.807, 2.05) is 19.9 Å². The van der Waals surface area contributed by atoms with E-state index < -0.39 is 23.1 Å². The summed E-state index contributed by atoms with van der Waals surface area (Å²) in [6.45, 7) is 12.0. The zero-order valence-corrected chi connectivity index (χ0v) is 26.4. The first-order chi connectivity index (χ1) is 20.4. The molecule has 2 atom stereocenters. The Labute approximate surface area is 254 Å². The smallest absolute Gasteiger partial charge is 0.407 e. The molecular weight excluding hydrogens is 558 g/mol. The van der Waals surface area contributed by atoms with Crippen LogP contribution in [0.1, 0.15) is 64.4 Å². The van der Waals surface area contributed by atoms with Crippen LogP contribution in [0.25, 0.3) is 0 Å². The monoisotopic (exact) mass is 607 g/mol. The Kier molecular flexibility index (Phi) is 12.4. The third-order valence-electron chi connectivity index (χ3n) is 7.77. The van der Waals surface area contributed by atoms with Gasteiger partial charge in [-0.15, -0.1) is 0 Å². The van der Waals surface area contributed by atoms with Gasteiger partial charge in [-0.3, -0.25) is 9.59 Å². The van der Waals surface area contributed by atoms with Gasteiger partial charge < -0.3 is 44.9 Å². The molecular formula is C30H49N5O8. The predicted octanol–water partition coefficient (Wildman–Crippen LogP) is 1.87. The molecule has 13 nitrogen and oxygen atoms in total. The zero-order valence-electron chi connectivity index (χ0n) is 26.4. The molecule has 0 spiro atoms. The highest BCUT2D eigenvalue weighted by Crippen LogP contribution is 2.39. The normalized spacial score (nSPS) is 18.4. The van der Waals surface area contributed by atoms with Gasteiger partial charge in [0.1, 0.15) is 22.5 Å². The van der Waals surface area contributed by atoms with Crippen LogP contribution in [0.2, 0.25) is 0 Å². The van der Waals surface area contributed by atoms with Gasteiger partial charge in [0.05, 0.1) is 25.9 Å². The number of carbonyl (C=O) groups excluding carboxylic acids is 3. The molecule has 2 aliphatic rings. The van der Waals surface area contributed by atoms with E-state index in [1.165, 1.54) is 0 Å². The van der Waals surface area contributed by atoms with Crippen molar-refractivity contribution in [2.75, 3.05) is 64.6 Å². The van der Waals surface area contributed by atoms with Gasteiger partial charge in [0, 0.05) is 39.9 Å². The second-order valence-corrected chi connectivity index (χ2v) is 12.1. The average molecular weight is 608 g/mol. The van der Waals surface area contributed by atoms with Gasteiger partial charge in [-0.05, 0) is 64.0 Å². The maximum Gasteiger partial charge on any atom is 0.407 e. The number of anilines is 1. The van der Waals surface area contributed by atoms with Crippen LogP contribution in [-0.4, -0.2) is 105 Å². The SMILES string of the molecule is CCC(CC)(NC(=O)c1ccc(N2CC(OC)C2)c(OC[C@H]2C[C@@H]2CO)n1)C(=O)NCCOCCNC(=O)OC(C)(C)C. The van der Waals surface area contributed by atoms with E-state index in [9.17, 15) is 19.5 Å². The second-order valence-electron chi connectivity index (χ2n) is 12.1. The molecule has 0 aromatic carbocycles. The summed E-state index contributed by atoms with van der Waals surface area (Å²) in [5.41, 5.74) is -0.782. The van der Waals surface area contributed by atoms with Crippen molar-refractivity contribution in [3.8, 4) is 5.88 Å². The molecule has 0 bridgehead atoms. The molecule has 1 aromatic heterocycles. The minimum Gasteiger partial charge on any atom is -0.476 e. The third-order valence-corrected chi connectivity index (χ3v) is 7.77. The molecule has 242 valence electrons. The van der Waals surface area contributed by atoms with Crippen LogP contribution in [0, 0.1) is 11.8 Å². The van der Waals surface area contributed by atoms with Crippen molar-refractivity contribution in [2.45, 2.75) is 71.1 Å². The third kappa shape index (κ3) is 9.94. The first-order valence-corrected chi connectivity index (χ1v) is 15.1. The lowest BCUT2D eigenvalue weighted by atomic mass is 9.91. The number of ether oxygens (including phenoxy) is 4. The number of rotatable bonds is 17. The number of aromatic nitrogens is 1. The zero-order chi connectivity index (χ0) is 31.6. The summed E-state index contributed by atoms with van der Waals surface area (Å²) in [6.07, 6.45) is 1.27. The minimum absolute atomic E-state index is 0.130. The van der Waals surface area contributed by atoms with Gasteiger partial charge in [0.2, 0.25) is 11.8 Å². The van der Waals surface area contributed by atoms with Crippen molar-refractivity contribution in [3.63, 3.8) is 0 Å². The van der Waals surface area contributed by atoms with Crippen molar-refractivity contribution in [1.82, 2.24) is 20.9 Å². The van der Waals surface area contributed by atoms with Gasteiger partial charge >= 0.3 is 6.09 Å². The Balaban J connectivity index is 1.54. The van der Waals surface area contributed by atoms with Gasteiger partial charge in [0.25, 0.3) is 5.91 Å². The molecule has 2 heterocycles. The number of methoxy groups -OCH3 is 1. The summed E-state index contributed by atoms with van der Waals surface area (Å²) >= 11 is 0. The lowest BCUT2D eigenvalue weighted by Crippen LogP contribution is -2.58. The Bertz CT molecular complexity index is 1080. The Morgan fingerprint density at radius 1 is 1.05 bits per heavy atom. The number of carbonyl (C=O) groups is 3. The van der Waals surface area contributed by atoms with E-state index in [4.69, 9.17) is 18.9 Å². The van der Waals surface area contributed by atoms with Crippen LogP contribution in [-0.2, 0) is 19.0 Å². The molecule has 3 amide bonds. The van der Waals surface area contributed by atoms with E-state index in [0.717, 1.165) is 12.1 Å². The lowest BCUT2D eigenvalue weighted by molar-refractivity contribution is -0.128. The molecule has 1 aliphatic heterocycles. The van der Waals surface area contributed by atoms with Crippen molar-refractivity contribution in [2.24, 2.45) is 11.8 Å². The number of aliphatic hydroxyl groups is 1. The maximum absolute atomic E-state index is 13.4. The topological polar surface area (TPSA) is 161 Å². The molecule has 0 radical (unpaired) electrons. The van der Waals surface area contributed by atoms with E-state index in [1.54, 1.807) is 33.9 Å². The molecule has 1 aromatic rings. The summed E-state index contributed by atoms with van der Waals surface area (Å²) in [4.78, 5) is 44.9. The number of alkyl carbamates (subject to hydrolysis) is 1. The summed E-state index contributed by atoms with van der Waals surface area (Å²) in [6, 6.07) is 3.45. The molecule has 3 rings (SSSR count). The first-order valence-electron chi connectivity index (χ1n) is 15.1. The second kappa shape index (κ2) is 15.5. The molecule has 1 saturated carbocycles. The highest BCUT2D eigenvalue weighted by molar-refractivity contribution is 5.98. The van der Waals surface area contributed by atoms with Gasteiger partial charge in [-0.1, -0.05) is 13.8 Å². The van der Waals surface area contributed by atoms with Crippen molar-refractivity contribution < 1.29 is 38.4 Å². The van der Waals surface area contributed by atoms with Crippen LogP contribution in [0.4, 0.5) is 10.5 Å². The van der Waals surface area contributed by atoms with Crippen LogP contribution in [0.3, 0.4) is 0 Å². The number of nitrogens with one attached hydrogen (secondary N) is 3. The quantitative estimate of drug-likeness (QED) is 0.193. The van der Waals surface area contributed by atoms with Gasteiger partial charge in [0.15, 0.2) is 0 Å². The van der Waals surface area contributed by atoms with E-state index in [0.29, 0.717) is 38.4 Å². The first kappa shape index (κ1) is 34.3. The largest absolute Gasteiger partial charge is 0.476 e. The maximum atomic E-state index is 13.4. The van der Waals surface area contributed by atoms with Crippen LogP contribution in [0.5, 0.6) is 5.88 Å². The number of hydrogen-bond donors (Lipinski definition) is 4. The van der Waals surface area contributed by atoms with Crippen LogP contribution in [0.15, 0.2) is 12.1 Å². The predicted molar refractivity (Wildman–Crippen MR) is 160 cm³/mol. The van der Waals surface area contributed by atoms with E-state index in [2.05, 4.69) is 25.8 Å². The number of hydrogen-bond acceptors (Lipinski definition) is 10. The number of nitrogens with zero attached hydrogens (tertiary/aromatic N) is 2. The Morgan fingerprint density at radius 2 is 1.72 bits per heavy atom. The van der Waals surface area contributed by atoms with E-state index in [-0.39, 0.29) is 62.5 Å². The molecule has 2 fully saturated rings. The van der Waals surface area contributed by atoms with Crippen molar-refractivity contribution in [3.05, 3.63) is 17.8 Å². The van der Waals surface area contributed by atoms with Crippen molar-refractivity contribution in [1.29, 1.82) is 0 Å². The average Bonchev–Trinajstić information content (AvgIpc) is 3.71. The molecule has 1 aliphatic carbocycles. The minimum atomic E-state index is -1.14. The van der Waals surface area contributed by atoms with Crippen molar-refractivity contribution >= 4 is 23.6 Å². The highest BCUT2D eigenvalue weighted by atomic mass is 16.6. The molecule has 43 heavy (non-hydrogen) atoms. The summed E-state index contributed by atoms with van der Waals surface area (Å²) < 4.78 is 22.1. The molecule has 4 N–H and O–H groups in total.